The first kappa shape index (κ1) is 17.1. The van der Waals surface area contributed by atoms with Crippen LogP contribution in [-0.4, -0.2) is 17.4 Å². The summed E-state index contributed by atoms with van der Waals surface area (Å²) in [6.07, 6.45) is -4.65. The Morgan fingerprint density at radius 1 is 1.19 bits per heavy atom. The molecule has 0 aliphatic rings. The molecule has 1 rings (SSSR count). The Morgan fingerprint density at radius 3 is 2.19 bits per heavy atom. The van der Waals surface area contributed by atoms with Gasteiger partial charge in [0.1, 0.15) is 6.04 Å². The van der Waals surface area contributed by atoms with Crippen molar-refractivity contribution in [1.29, 1.82) is 0 Å². The van der Waals surface area contributed by atoms with Gasteiger partial charge in [-0.2, -0.15) is 13.2 Å². The second-order valence-electron chi connectivity index (χ2n) is 5.10. The number of amides is 2. The van der Waals surface area contributed by atoms with Crippen molar-refractivity contribution in [3.8, 4) is 0 Å². The van der Waals surface area contributed by atoms with Crippen molar-refractivity contribution in [3.63, 3.8) is 0 Å². The molecule has 1 aromatic rings. The molecule has 0 saturated carbocycles. The molecule has 21 heavy (non-hydrogen) atoms. The lowest BCUT2D eigenvalue weighted by Crippen LogP contribution is -2.52. The summed E-state index contributed by atoms with van der Waals surface area (Å²) < 4.78 is 38.5. The molecular formula is C13H16F3N3O2. The Balaban J connectivity index is 3.02. The van der Waals surface area contributed by atoms with Gasteiger partial charge in [-0.15, -0.1) is 0 Å². The third-order valence-corrected chi connectivity index (χ3v) is 2.71. The van der Waals surface area contributed by atoms with Crippen LogP contribution in [0.15, 0.2) is 24.3 Å². The number of hydrogen-bond acceptors (Lipinski definition) is 4. The van der Waals surface area contributed by atoms with Gasteiger partial charge < -0.3 is 11.5 Å². The molecule has 2 amide bonds. The van der Waals surface area contributed by atoms with E-state index in [1.165, 1.54) is 26.0 Å². The summed E-state index contributed by atoms with van der Waals surface area (Å²) in [4.78, 5) is 23.4. The molecule has 5 nitrogen and oxygen atoms in total. The Bertz CT molecular complexity index is 550. The predicted octanol–water partition coefficient (Wildman–Crippen LogP) is 1.09. The summed E-state index contributed by atoms with van der Waals surface area (Å²) in [6, 6.07) is 2.79. The molecule has 0 spiro atoms. The molecule has 0 aliphatic heterocycles. The largest absolute Gasteiger partial charge is 0.416 e. The molecule has 116 valence electrons. The monoisotopic (exact) mass is 303 g/mol. The highest BCUT2D eigenvalue weighted by atomic mass is 19.4. The van der Waals surface area contributed by atoms with Crippen molar-refractivity contribution in [3.05, 3.63) is 35.4 Å². The van der Waals surface area contributed by atoms with Gasteiger partial charge in [-0.3, -0.25) is 14.9 Å². The first-order chi connectivity index (χ1) is 9.44. The minimum Gasteiger partial charge on any atom is -0.318 e. The SMILES string of the molecule is CC(C)(N)C(=O)NC(=O)C(N)c1ccccc1C(F)(F)F. The molecule has 0 fully saturated rings. The average Bonchev–Trinajstić information content (AvgIpc) is 2.35. The summed E-state index contributed by atoms with van der Waals surface area (Å²) in [5.74, 6) is -1.87. The number of halogens is 3. The Hall–Kier alpha value is -1.93. The minimum absolute atomic E-state index is 0.412. The normalized spacial score (nSPS) is 13.7. The number of nitrogens with one attached hydrogen (secondary N) is 1. The maximum atomic E-state index is 12.8. The second-order valence-corrected chi connectivity index (χ2v) is 5.10. The first-order valence-electron chi connectivity index (χ1n) is 6.00. The molecule has 0 radical (unpaired) electrons. The zero-order chi connectivity index (χ0) is 16.4. The highest BCUT2D eigenvalue weighted by Crippen LogP contribution is 2.33. The van der Waals surface area contributed by atoms with Gasteiger partial charge in [-0.1, -0.05) is 18.2 Å². The molecule has 8 heteroatoms. The van der Waals surface area contributed by atoms with E-state index in [4.69, 9.17) is 11.5 Å². The average molecular weight is 303 g/mol. The standard InChI is InChI=1S/C13H16F3N3O2/c1-12(2,18)11(21)19-10(20)9(17)7-5-3-4-6-8(7)13(14,15)16/h3-6,9H,17-18H2,1-2H3,(H,19,20,21). The fourth-order valence-corrected chi connectivity index (χ4v) is 1.52. The van der Waals surface area contributed by atoms with Crippen molar-refractivity contribution in [2.75, 3.05) is 0 Å². The molecule has 1 unspecified atom stereocenters. The first-order valence-corrected chi connectivity index (χ1v) is 6.00. The summed E-state index contributed by atoms with van der Waals surface area (Å²) >= 11 is 0. The van der Waals surface area contributed by atoms with Crippen molar-refractivity contribution in [2.24, 2.45) is 11.5 Å². The molecule has 5 N–H and O–H groups in total. The molecule has 1 atom stereocenters. The zero-order valence-electron chi connectivity index (χ0n) is 11.5. The van der Waals surface area contributed by atoms with Crippen molar-refractivity contribution in [2.45, 2.75) is 31.6 Å². The van der Waals surface area contributed by atoms with E-state index in [1.54, 1.807) is 0 Å². The number of carbonyl (C=O) groups excluding carboxylic acids is 2. The number of carbonyl (C=O) groups is 2. The van der Waals surface area contributed by atoms with Crippen molar-refractivity contribution in [1.82, 2.24) is 5.32 Å². The third kappa shape index (κ3) is 4.27. The minimum atomic E-state index is -4.65. The van der Waals surface area contributed by atoms with E-state index in [1.807, 2.05) is 5.32 Å². The van der Waals surface area contributed by atoms with Crippen LogP contribution in [0.2, 0.25) is 0 Å². The van der Waals surface area contributed by atoms with Gasteiger partial charge in [0.2, 0.25) is 11.8 Å². The number of rotatable bonds is 3. The molecule has 0 aliphatic carbocycles. The summed E-state index contributed by atoms with van der Waals surface area (Å²) in [5, 5.41) is 1.90. The third-order valence-electron chi connectivity index (χ3n) is 2.71. The van der Waals surface area contributed by atoms with Crippen molar-refractivity contribution >= 4 is 11.8 Å². The Morgan fingerprint density at radius 2 is 1.71 bits per heavy atom. The lowest BCUT2D eigenvalue weighted by molar-refractivity contribution is -0.138. The van der Waals surface area contributed by atoms with Gasteiger partial charge in [0.15, 0.2) is 0 Å². The maximum Gasteiger partial charge on any atom is 0.416 e. The van der Waals surface area contributed by atoms with Gasteiger partial charge in [-0.25, -0.2) is 0 Å². The topological polar surface area (TPSA) is 98.2 Å². The highest BCUT2D eigenvalue weighted by Gasteiger charge is 2.36. The predicted molar refractivity (Wildman–Crippen MR) is 69.8 cm³/mol. The van der Waals surface area contributed by atoms with Crippen LogP contribution in [0.25, 0.3) is 0 Å². The number of imide groups is 1. The fraction of sp³-hybridized carbons (Fsp3) is 0.385. The summed E-state index contributed by atoms with van der Waals surface area (Å²) in [5.41, 5.74) is 8.22. The quantitative estimate of drug-likeness (QED) is 0.778. The van der Waals surface area contributed by atoms with Gasteiger partial charge in [0.25, 0.3) is 0 Å². The van der Waals surface area contributed by atoms with Crippen molar-refractivity contribution < 1.29 is 22.8 Å². The van der Waals surface area contributed by atoms with E-state index in [9.17, 15) is 22.8 Å². The molecule has 0 bridgehead atoms. The zero-order valence-corrected chi connectivity index (χ0v) is 11.5. The van der Waals surface area contributed by atoms with Crippen LogP contribution in [0.5, 0.6) is 0 Å². The van der Waals surface area contributed by atoms with Gasteiger partial charge in [-0.05, 0) is 25.5 Å². The van der Waals surface area contributed by atoms with E-state index in [0.29, 0.717) is 0 Å². The molecule has 1 aromatic carbocycles. The van der Waals surface area contributed by atoms with Crippen LogP contribution in [-0.2, 0) is 15.8 Å². The van der Waals surface area contributed by atoms with Crippen LogP contribution in [0, 0.1) is 0 Å². The van der Waals surface area contributed by atoms with Crippen LogP contribution < -0.4 is 16.8 Å². The number of nitrogens with two attached hydrogens (primary N) is 2. The molecule has 0 heterocycles. The van der Waals surface area contributed by atoms with Crippen LogP contribution >= 0.6 is 0 Å². The number of hydrogen-bond donors (Lipinski definition) is 3. The Kier molecular flexibility index (Phi) is 4.75. The second kappa shape index (κ2) is 5.82. The molecular weight excluding hydrogens is 287 g/mol. The Labute approximate surface area is 119 Å². The van der Waals surface area contributed by atoms with E-state index >= 15 is 0 Å². The smallest absolute Gasteiger partial charge is 0.318 e. The van der Waals surface area contributed by atoms with Crippen LogP contribution in [0.4, 0.5) is 13.2 Å². The fourth-order valence-electron chi connectivity index (χ4n) is 1.52. The molecule has 0 saturated heterocycles. The lowest BCUT2D eigenvalue weighted by Gasteiger charge is -2.21. The summed E-state index contributed by atoms with van der Waals surface area (Å²) in [6.45, 7) is 2.70. The molecule has 0 aromatic heterocycles. The van der Waals surface area contributed by atoms with E-state index in [0.717, 1.165) is 12.1 Å². The van der Waals surface area contributed by atoms with Crippen LogP contribution in [0.1, 0.15) is 31.0 Å². The maximum absolute atomic E-state index is 12.8. The van der Waals surface area contributed by atoms with Gasteiger partial charge >= 0.3 is 6.18 Å². The van der Waals surface area contributed by atoms with E-state index < -0.39 is 40.7 Å². The number of benzene rings is 1. The number of alkyl halides is 3. The van der Waals surface area contributed by atoms with Crippen LogP contribution in [0.3, 0.4) is 0 Å². The lowest BCUT2D eigenvalue weighted by atomic mass is 9.99. The van der Waals surface area contributed by atoms with Gasteiger partial charge in [0, 0.05) is 0 Å². The van der Waals surface area contributed by atoms with E-state index in [2.05, 4.69) is 0 Å². The van der Waals surface area contributed by atoms with Gasteiger partial charge in [0.05, 0.1) is 11.1 Å². The highest BCUT2D eigenvalue weighted by molar-refractivity contribution is 6.01. The summed E-state index contributed by atoms with van der Waals surface area (Å²) in [7, 11) is 0. The van der Waals surface area contributed by atoms with E-state index in [-0.39, 0.29) is 0 Å².